The molecule has 0 aliphatic heterocycles. The number of rotatable bonds is 9. The average Bonchev–Trinajstić information content (AvgIpc) is 1.74. The number of nitrogens with one attached hydrogen (secondary N) is 6. The quantitative estimate of drug-likeness (QED) is 0.0474. The molecule has 0 atom stereocenters. The lowest BCUT2D eigenvalue weighted by Gasteiger charge is -2.23. The smallest absolute Gasteiger partial charge is 0.229 e. The Bertz CT molecular complexity index is 9210. The summed E-state index contributed by atoms with van der Waals surface area (Å²) < 4.78 is 29.8. The van der Waals surface area contributed by atoms with Gasteiger partial charge in [-0.25, -0.2) is 48.2 Å². The van der Waals surface area contributed by atoms with Gasteiger partial charge >= 0.3 is 0 Å². The summed E-state index contributed by atoms with van der Waals surface area (Å²) in [6, 6.07) is 60.2. The van der Waals surface area contributed by atoms with Crippen LogP contribution in [0.1, 0.15) is 132 Å². The minimum atomic E-state index is -3.27. The second-order valence-corrected chi connectivity index (χ2v) is 42.8. The van der Waals surface area contributed by atoms with Gasteiger partial charge in [-0.3, -0.25) is 24.9 Å². The van der Waals surface area contributed by atoms with Crippen molar-refractivity contribution in [2.45, 2.75) is 136 Å². The van der Waals surface area contributed by atoms with Crippen LogP contribution in [0.3, 0.4) is 0 Å². The summed E-state index contributed by atoms with van der Waals surface area (Å²) in [6.45, 7) is 11.8. The SMILES string of the molecule is CS(=O)(=O)Nc1ccc(-c2[nH]c3ccc4nccc4c3c3c2CCC3)cc1.Cc1[nH]nc2ccc3nc(-c4ccc5nc(N)sc5c4)c4c(c3c12)CCCC4.Cc1cc2cc(N=C(C3=CCCCC3)c3ccc4nc(N)sc4c3)ccc2[nH]1.Nc1nc2ccc(-c3nc4ccc5[nH]ncc5c4c4c3CCCC4)cc2s1.[C-]#[N+]c1cnc2ccc3[nH]c(-c4ccc5nc(N)sc5c4)c4c(c3c12)CCCC4. The molecule has 0 amide bonds. The number of aryl methyl sites for hydroxylation is 6. The third-order valence-corrected chi connectivity index (χ3v) is 31.8. The number of aliphatic imine (C=N–C) groups is 1. The molecule has 0 fully saturated rings. The number of hydrogen-bond acceptors (Lipinski definition) is 21. The van der Waals surface area contributed by atoms with E-state index >= 15 is 0 Å². The molecular formula is C110H94N22O2S5. The van der Waals surface area contributed by atoms with E-state index in [0.29, 0.717) is 31.9 Å². The number of thiazole rings is 4. The van der Waals surface area contributed by atoms with Gasteiger partial charge < -0.3 is 37.9 Å². The van der Waals surface area contributed by atoms with E-state index in [2.05, 4.69) is 234 Å². The van der Waals surface area contributed by atoms with Crippen molar-refractivity contribution in [2.24, 2.45) is 4.99 Å². The molecule has 24 nitrogen and oxygen atoms in total. The lowest BCUT2D eigenvalue weighted by molar-refractivity contribution is 0.607. The van der Waals surface area contributed by atoms with E-state index in [9.17, 15) is 8.42 Å². The van der Waals surface area contributed by atoms with E-state index in [-0.39, 0.29) is 0 Å². The van der Waals surface area contributed by atoms with Crippen LogP contribution in [-0.2, 0) is 61.4 Å². The molecule has 0 saturated heterocycles. The third-order valence-electron chi connectivity index (χ3n) is 27.8. The topological polar surface area (TPSA) is 375 Å². The van der Waals surface area contributed by atoms with Gasteiger partial charge in [0.15, 0.2) is 20.5 Å². The average molecular weight is 1920 g/mol. The number of fused-ring (bicyclic) bond motifs is 25. The highest BCUT2D eigenvalue weighted by Gasteiger charge is 2.29. The number of nitrogens with two attached hydrogens (primary N) is 4. The third kappa shape index (κ3) is 16.3. The van der Waals surface area contributed by atoms with E-state index in [0.717, 1.165) is 235 Å². The van der Waals surface area contributed by atoms with E-state index in [1.54, 1.807) is 18.3 Å². The number of anilines is 5. The van der Waals surface area contributed by atoms with Crippen LogP contribution in [0, 0.1) is 20.4 Å². The maximum atomic E-state index is 11.4. The summed E-state index contributed by atoms with van der Waals surface area (Å²) in [6.07, 6.45) is 30.6. The molecular weight excluding hydrogens is 1820 g/mol. The zero-order valence-electron chi connectivity index (χ0n) is 76.5. The number of hydrogen-bond donors (Lipinski definition) is 10. The predicted octanol–water partition coefficient (Wildman–Crippen LogP) is 26.5. The largest absolute Gasteiger partial charge is 0.375 e. The lowest BCUT2D eigenvalue weighted by Crippen LogP contribution is -2.09. The van der Waals surface area contributed by atoms with Gasteiger partial charge in [-0.2, -0.15) is 10.2 Å². The van der Waals surface area contributed by atoms with Crippen LogP contribution in [0.2, 0.25) is 0 Å². The van der Waals surface area contributed by atoms with E-state index in [1.807, 2.05) is 36.7 Å². The summed E-state index contributed by atoms with van der Waals surface area (Å²) in [5.41, 5.74) is 65.1. The molecule has 0 bridgehead atoms. The summed E-state index contributed by atoms with van der Waals surface area (Å²) in [5.74, 6) is 0. The van der Waals surface area contributed by atoms with Crippen molar-refractivity contribution in [1.82, 2.24) is 75.2 Å². The Morgan fingerprint density at radius 2 is 0.928 bits per heavy atom. The zero-order chi connectivity index (χ0) is 94.0. The predicted molar refractivity (Wildman–Crippen MR) is 576 cm³/mol. The number of aromatic nitrogens is 15. The lowest BCUT2D eigenvalue weighted by atomic mass is 9.85. The molecule has 0 saturated carbocycles. The summed E-state index contributed by atoms with van der Waals surface area (Å²) in [5, 5.41) is 28.2. The van der Waals surface area contributed by atoms with Gasteiger partial charge in [0.2, 0.25) is 15.7 Å². The van der Waals surface area contributed by atoms with Gasteiger partial charge in [-0.15, -0.1) is 0 Å². The number of sulfonamides is 1. The molecule has 23 aromatic rings. The Kier molecular flexibility index (Phi) is 22.1. The number of pyridine rings is 4. The van der Waals surface area contributed by atoms with Crippen molar-refractivity contribution in [3.8, 4) is 45.0 Å². The first-order valence-corrected chi connectivity index (χ1v) is 52.4. The Hall–Kier alpha value is -15.2. The van der Waals surface area contributed by atoms with Crippen LogP contribution in [0.4, 0.5) is 37.6 Å². The van der Waals surface area contributed by atoms with E-state index < -0.39 is 10.0 Å². The zero-order valence-corrected chi connectivity index (χ0v) is 80.6. The van der Waals surface area contributed by atoms with Crippen molar-refractivity contribution in [3.05, 3.63) is 279 Å². The molecule has 0 spiro atoms. The highest BCUT2D eigenvalue weighted by Crippen LogP contribution is 2.47. The Morgan fingerprint density at radius 1 is 0.417 bits per heavy atom. The van der Waals surface area contributed by atoms with Crippen LogP contribution >= 0.6 is 45.3 Å². The fourth-order valence-electron chi connectivity index (χ4n) is 21.8. The molecule has 28 rings (SSSR count). The van der Waals surface area contributed by atoms with Crippen LogP contribution in [0.25, 0.3) is 189 Å². The minimum absolute atomic E-state index is 0.572. The van der Waals surface area contributed by atoms with Crippen LogP contribution < -0.4 is 27.7 Å². The molecule has 0 radical (unpaired) electrons. The molecule has 686 valence electrons. The van der Waals surface area contributed by atoms with Crippen molar-refractivity contribution in [2.75, 3.05) is 33.9 Å². The molecule has 13 aromatic heterocycles. The Morgan fingerprint density at radius 3 is 1.58 bits per heavy atom. The van der Waals surface area contributed by atoms with E-state index in [1.165, 1.54) is 201 Å². The first-order valence-electron chi connectivity index (χ1n) is 47.3. The van der Waals surface area contributed by atoms with Crippen molar-refractivity contribution < 1.29 is 8.42 Å². The fourth-order valence-corrected chi connectivity index (χ4v) is 25.4. The summed E-state index contributed by atoms with van der Waals surface area (Å²) in [4.78, 5) is 56.3. The Balaban J connectivity index is 0.0000000944. The molecule has 10 aromatic carbocycles. The van der Waals surface area contributed by atoms with Crippen LogP contribution in [0.15, 0.2) is 211 Å². The molecule has 0 unspecified atom stereocenters. The normalized spacial score (nSPS) is 14.3. The highest BCUT2D eigenvalue weighted by molar-refractivity contribution is 7.92. The maximum Gasteiger partial charge on any atom is 0.229 e. The number of benzene rings is 10. The molecule has 5 aliphatic carbocycles. The molecule has 14 N–H and O–H groups in total. The summed E-state index contributed by atoms with van der Waals surface area (Å²) >= 11 is 6.12. The van der Waals surface area contributed by atoms with Crippen LogP contribution in [-0.4, -0.2) is 95.6 Å². The highest BCUT2D eigenvalue weighted by atomic mass is 32.2. The first kappa shape index (κ1) is 86.6. The van der Waals surface area contributed by atoms with Gasteiger partial charge in [0, 0.05) is 123 Å². The van der Waals surface area contributed by atoms with Crippen molar-refractivity contribution in [3.63, 3.8) is 0 Å². The second kappa shape index (κ2) is 35.4. The number of aromatic amines is 5. The monoisotopic (exact) mass is 1910 g/mol. The van der Waals surface area contributed by atoms with Crippen molar-refractivity contribution in [1.29, 1.82) is 0 Å². The molecule has 5 aliphatic rings. The molecule has 29 heteroatoms. The molecule has 139 heavy (non-hydrogen) atoms. The fraction of sp³-hybridized carbons (Fsp3) is 0.200. The first-order chi connectivity index (χ1) is 67.8. The van der Waals surface area contributed by atoms with E-state index in [4.69, 9.17) is 44.5 Å². The Labute approximate surface area is 814 Å². The molecule has 13 heterocycles. The number of nitrogens with zero attached hydrogens (tertiary/aromatic N) is 12. The summed E-state index contributed by atoms with van der Waals surface area (Å²) in [7, 11) is -3.27. The van der Waals surface area contributed by atoms with Crippen LogP contribution in [0.5, 0.6) is 0 Å². The number of nitrogen functional groups attached to an aromatic ring is 4. The minimum Gasteiger partial charge on any atom is -0.375 e. The van der Waals surface area contributed by atoms with Gasteiger partial charge in [0.05, 0.1) is 116 Å². The van der Waals surface area contributed by atoms with Gasteiger partial charge in [0.1, 0.15) is 0 Å². The van der Waals surface area contributed by atoms with Gasteiger partial charge in [-0.1, -0.05) is 87.8 Å². The van der Waals surface area contributed by atoms with Gasteiger partial charge in [-0.05, 0) is 337 Å². The van der Waals surface area contributed by atoms with Gasteiger partial charge in [0.25, 0.3) is 0 Å². The standard InChI is InChI=1S/C23H17N5S.C23H22N4S.C22H19N5S.C21H17N5S.C21H19N3O2S/c1-25-18-11-26-16-8-9-17-20(21(16)18)13-4-2-3-5-14(13)22(27-17)12-6-7-15-19(10-12)29-23(24)28-15;1-14-11-17-12-18(8-10-19(17)25-14)26-22(15-5-3-2-4-6-15)16-7-9-20-21(13-16)28-23(24)27-20;1-11-19-17(27-26-11)9-8-16-20(19)13-4-2-3-5-14(13)21(24-16)12-6-7-15-18(10-12)28-22(23)25-15;22-21-25-16-6-5-11(9-18(16)27-21)20-13-4-2-1-3-12(13)19-14-10-23-26-15(14)7-8-17(19)24-20;1-27(25,26)24-14-7-5-13(6-8-14)21-16-4-2-3-15(16)20-17-11-12-22-18(17)9-10-19(20)23-21/h6-11,27H,2-5H2,(H2,24,28);5,7-13,25H,2-4,6H2,1H3,(H2,24,27);6-10H,2-5H2,1H3,(H2,23,25)(H,26,27);5-10H,1-4H2,(H2,22,25)(H,23,26);5-12,23-24H,2-4H2,1H3. The van der Waals surface area contributed by atoms with Crippen molar-refractivity contribution >= 4 is 238 Å². The maximum absolute atomic E-state index is 11.4. The number of H-pyrrole nitrogens is 5. The number of allylic oxidation sites excluding steroid dienone is 2. The second-order valence-electron chi connectivity index (χ2n) is 36.8.